The molecule has 0 aliphatic carbocycles. The van der Waals surface area contributed by atoms with E-state index in [-0.39, 0.29) is 29.0 Å². The van der Waals surface area contributed by atoms with Crippen LogP contribution in [0.1, 0.15) is 23.2 Å². The monoisotopic (exact) mass is 430 g/mol. The Kier molecular flexibility index (Phi) is 7.12. The summed E-state index contributed by atoms with van der Waals surface area (Å²) in [6, 6.07) is 12.8. The van der Waals surface area contributed by atoms with Gasteiger partial charge in [0.05, 0.1) is 30.3 Å². The van der Waals surface area contributed by atoms with Gasteiger partial charge in [0.2, 0.25) is 0 Å². The molecule has 3 rings (SSSR count). The zero-order valence-corrected chi connectivity index (χ0v) is 17.7. The first-order valence-corrected chi connectivity index (χ1v) is 11.2. The van der Waals surface area contributed by atoms with E-state index in [0.29, 0.717) is 24.6 Å². The summed E-state index contributed by atoms with van der Waals surface area (Å²) in [6.45, 7) is 4.83. The number of para-hydroxylation sites is 2. The van der Waals surface area contributed by atoms with Crippen molar-refractivity contribution in [2.45, 2.75) is 23.8 Å². The summed E-state index contributed by atoms with van der Waals surface area (Å²) >= 11 is 0. The van der Waals surface area contributed by atoms with E-state index in [2.05, 4.69) is 11.9 Å². The molecule has 1 unspecified atom stereocenters. The average Bonchev–Trinajstić information content (AvgIpc) is 3.29. The van der Waals surface area contributed by atoms with Crippen molar-refractivity contribution in [2.24, 2.45) is 0 Å². The van der Waals surface area contributed by atoms with Gasteiger partial charge in [-0.05, 0) is 43.2 Å². The number of rotatable bonds is 9. The number of methoxy groups -OCH3 is 1. The van der Waals surface area contributed by atoms with Gasteiger partial charge in [-0.3, -0.25) is 9.10 Å². The third-order valence-electron chi connectivity index (χ3n) is 4.85. The van der Waals surface area contributed by atoms with Crippen LogP contribution in [0.25, 0.3) is 0 Å². The molecule has 1 N–H and O–H groups in total. The number of carbonyl (C=O) groups excluding carboxylic acids is 1. The summed E-state index contributed by atoms with van der Waals surface area (Å²) in [5.74, 6) is 0.0866. The zero-order valence-electron chi connectivity index (χ0n) is 16.9. The second-order valence-electron chi connectivity index (χ2n) is 6.87. The number of hydrogen-bond acceptors (Lipinski definition) is 5. The quantitative estimate of drug-likeness (QED) is 0.618. The lowest BCUT2D eigenvalue weighted by molar-refractivity contribution is 0.0857. The maximum absolute atomic E-state index is 13.4. The van der Waals surface area contributed by atoms with Crippen molar-refractivity contribution in [3.63, 3.8) is 0 Å². The Balaban J connectivity index is 1.87. The van der Waals surface area contributed by atoms with Gasteiger partial charge in [0.25, 0.3) is 15.9 Å². The van der Waals surface area contributed by atoms with Crippen LogP contribution in [0, 0.1) is 0 Å². The van der Waals surface area contributed by atoms with E-state index in [4.69, 9.17) is 9.47 Å². The van der Waals surface area contributed by atoms with E-state index in [1.165, 1.54) is 29.6 Å². The first kappa shape index (κ1) is 21.9. The number of amides is 1. The molecule has 0 saturated carbocycles. The molecule has 7 nitrogen and oxygen atoms in total. The molecule has 0 radical (unpaired) electrons. The zero-order chi connectivity index (χ0) is 21.6. The number of nitrogens with one attached hydrogen (secondary N) is 1. The van der Waals surface area contributed by atoms with Gasteiger partial charge in [-0.2, -0.15) is 0 Å². The van der Waals surface area contributed by atoms with Crippen LogP contribution < -0.4 is 14.4 Å². The summed E-state index contributed by atoms with van der Waals surface area (Å²) < 4.78 is 38.9. The van der Waals surface area contributed by atoms with Gasteiger partial charge >= 0.3 is 0 Å². The maximum atomic E-state index is 13.4. The van der Waals surface area contributed by atoms with Crippen molar-refractivity contribution in [1.82, 2.24) is 5.32 Å². The van der Waals surface area contributed by atoms with E-state index in [9.17, 15) is 13.2 Å². The van der Waals surface area contributed by atoms with Crippen LogP contribution in [0.3, 0.4) is 0 Å². The van der Waals surface area contributed by atoms with Gasteiger partial charge < -0.3 is 14.8 Å². The highest BCUT2D eigenvalue weighted by atomic mass is 32.2. The Morgan fingerprint density at radius 2 is 2.10 bits per heavy atom. The first-order chi connectivity index (χ1) is 14.5. The second kappa shape index (κ2) is 9.77. The van der Waals surface area contributed by atoms with E-state index >= 15 is 0 Å². The van der Waals surface area contributed by atoms with Gasteiger partial charge in [0.15, 0.2) is 0 Å². The van der Waals surface area contributed by atoms with E-state index in [0.717, 1.165) is 12.8 Å². The fraction of sp³-hybridized carbons (Fsp3) is 0.318. The second-order valence-corrected chi connectivity index (χ2v) is 8.73. The summed E-state index contributed by atoms with van der Waals surface area (Å²) in [5.41, 5.74) is 0.667. The highest BCUT2D eigenvalue weighted by Gasteiger charge is 2.27. The number of ether oxygens (including phenoxy) is 2. The first-order valence-electron chi connectivity index (χ1n) is 9.74. The lowest BCUT2D eigenvalue weighted by atomic mass is 10.2. The van der Waals surface area contributed by atoms with Gasteiger partial charge in [-0.15, -0.1) is 6.58 Å². The molecule has 0 spiro atoms. The van der Waals surface area contributed by atoms with Crippen molar-refractivity contribution in [3.05, 3.63) is 66.7 Å². The predicted octanol–water partition coefficient (Wildman–Crippen LogP) is 2.99. The normalized spacial score (nSPS) is 16.1. The number of benzene rings is 2. The SMILES string of the molecule is C=CCN(c1ccccc1OC)S(=O)(=O)c1cccc(C(=O)NCC2CCCO2)c1. The largest absolute Gasteiger partial charge is 0.495 e. The number of carbonyl (C=O) groups is 1. The Labute approximate surface area is 177 Å². The minimum Gasteiger partial charge on any atom is -0.495 e. The molecule has 30 heavy (non-hydrogen) atoms. The van der Waals surface area contributed by atoms with E-state index in [1.54, 1.807) is 36.4 Å². The van der Waals surface area contributed by atoms with Crippen molar-refractivity contribution < 1.29 is 22.7 Å². The molecule has 1 fully saturated rings. The Morgan fingerprint density at radius 3 is 2.80 bits per heavy atom. The average molecular weight is 431 g/mol. The van der Waals surface area contributed by atoms with E-state index < -0.39 is 10.0 Å². The van der Waals surface area contributed by atoms with Crippen molar-refractivity contribution in [1.29, 1.82) is 0 Å². The minimum atomic E-state index is -3.96. The topological polar surface area (TPSA) is 84.9 Å². The molecule has 2 aromatic rings. The number of sulfonamides is 1. The van der Waals surface area contributed by atoms with Gasteiger partial charge in [-0.1, -0.05) is 24.3 Å². The van der Waals surface area contributed by atoms with Crippen LogP contribution in [0.15, 0.2) is 66.1 Å². The Bertz CT molecular complexity index is 1000. The number of anilines is 1. The van der Waals surface area contributed by atoms with Crippen LogP contribution in [0.5, 0.6) is 5.75 Å². The Morgan fingerprint density at radius 1 is 1.30 bits per heavy atom. The maximum Gasteiger partial charge on any atom is 0.264 e. The highest BCUT2D eigenvalue weighted by molar-refractivity contribution is 7.92. The van der Waals surface area contributed by atoms with Crippen molar-refractivity contribution in [2.75, 3.05) is 31.1 Å². The highest BCUT2D eigenvalue weighted by Crippen LogP contribution is 2.32. The molecule has 0 bridgehead atoms. The van der Waals surface area contributed by atoms with Crippen molar-refractivity contribution in [3.8, 4) is 5.75 Å². The lowest BCUT2D eigenvalue weighted by Gasteiger charge is -2.25. The summed E-state index contributed by atoms with van der Waals surface area (Å²) in [6.07, 6.45) is 3.40. The Hall–Kier alpha value is -2.84. The minimum absolute atomic E-state index is 0.00879. The molecular formula is C22H26N2O5S. The summed E-state index contributed by atoms with van der Waals surface area (Å²) in [5, 5.41) is 2.82. The number of nitrogens with zero attached hydrogens (tertiary/aromatic N) is 1. The third-order valence-corrected chi connectivity index (χ3v) is 6.62. The molecule has 1 amide bonds. The fourth-order valence-corrected chi connectivity index (χ4v) is 4.81. The van der Waals surface area contributed by atoms with Gasteiger partial charge in [-0.25, -0.2) is 8.42 Å². The molecular weight excluding hydrogens is 404 g/mol. The van der Waals surface area contributed by atoms with Crippen LogP contribution in [0.4, 0.5) is 5.69 Å². The predicted molar refractivity (Wildman–Crippen MR) is 115 cm³/mol. The summed E-state index contributed by atoms with van der Waals surface area (Å²) in [4.78, 5) is 12.5. The molecule has 1 atom stereocenters. The van der Waals surface area contributed by atoms with Crippen molar-refractivity contribution >= 4 is 21.6 Å². The molecule has 1 aliphatic rings. The fourth-order valence-electron chi connectivity index (χ4n) is 3.32. The third kappa shape index (κ3) is 4.83. The lowest BCUT2D eigenvalue weighted by Crippen LogP contribution is -2.33. The molecule has 0 aromatic heterocycles. The molecule has 1 aliphatic heterocycles. The molecule has 8 heteroatoms. The van der Waals surface area contributed by atoms with Crippen LogP contribution in [-0.4, -0.2) is 47.2 Å². The molecule has 2 aromatic carbocycles. The smallest absolute Gasteiger partial charge is 0.264 e. The summed E-state index contributed by atoms with van der Waals surface area (Å²) in [7, 11) is -2.48. The van der Waals surface area contributed by atoms with E-state index in [1.807, 2.05) is 0 Å². The van der Waals surface area contributed by atoms with Gasteiger partial charge in [0.1, 0.15) is 5.75 Å². The molecule has 160 valence electrons. The standard InChI is InChI=1S/C22H26N2O5S/c1-3-13-24(20-11-4-5-12-21(20)28-2)30(26,27)19-10-6-8-17(15-19)22(25)23-16-18-9-7-14-29-18/h3-6,8,10-12,15,18H,1,7,9,13-14,16H2,2H3,(H,23,25). The number of hydrogen-bond donors (Lipinski definition) is 1. The molecule has 1 heterocycles. The van der Waals surface area contributed by atoms with Gasteiger partial charge in [0, 0.05) is 18.7 Å². The molecule has 1 saturated heterocycles. The van der Waals surface area contributed by atoms with Crippen LogP contribution >= 0.6 is 0 Å². The van der Waals surface area contributed by atoms with Crippen LogP contribution in [0.2, 0.25) is 0 Å². The van der Waals surface area contributed by atoms with Crippen LogP contribution in [-0.2, 0) is 14.8 Å².